The van der Waals surface area contributed by atoms with E-state index in [0.29, 0.717) is 31.7 Å². The Kier molecular flexibility index (Phi) is 4.94. The van der Waals surface area contributed by atoms with Crippen LogP contribution < -0.4 is 4.90 Å². The summed E-state index contributed by atoms with van der Waals surface area (Å²) >= 11 is 1.09. The summed E-state index contributed by atoms with van der Waals surface area (Å²) in [4.78, 5) is 25.4. The lowest BCUT2D eigenvalue weighted by Crippen LogP contribution is -2.37. The SMILES string of the molecule is O=C(c1sccc1S(=O)(=O)N1CCCCC1)N1CCc2ccc([N+](=O)[O-])cc21. The molecule has 0 aliphatic carbocycles. The first-order chi connectivity index (χ1) is 13.4. The van der Waals surface area contributed by atoms with Crippen molar-refractivity contribution in [2.45, 2.75) is 30.6 Å². The molecule has 1 saturated heterocycles. The molecule has 2 aromatic rings. The van der Waals surface area contributed by atoms with Crippen molar-refractivity contribution < 1.29 is 18.1 Å². The van der Waals surface area contributed by atoms with Crippen LogP contribution in [-0.4, -0.2) is 43.2 Å². The van der Waals surface area contributed by atoms with E-state index in [-0.39, 0.29) is 15.5 Å². The first kappa shape index (κ1) is 19.0. The monoisotopic (exact) mass is 421 g/mol. The van der Waals surface area contributed by atoms with Crippen molar-refractivity contribution in [2.75, 3.05) is 24.5 Å². The fourth-order valence-electron chi connectivity index (χ4n) is 3.72. The minimum absolute atomic E-state index is 0.0308. The molecule has 1 amide bonds. The number of nitro groups is 1. The molecule has 148 valence electrons. The van der Waals surface area contributed by atoms with Gasteiger partial charge in [-0.2, -0.15) is 4.31 Å². The van der Waals surface area contributed by atoms with E-state index in [9.17, 15) is 23.3 Å². The van der Waals surface area contributed by atoms with Gasteiger partial charge < -0.3 is 4.90 Å². The highest BCUT2D eigenvalue weighted by Gasteiger charge is 2.35. The molecular weight excluding hydrogens is 402 g/mol. The molecule has 0 radical (unpaired) electrons. The van der Waals surface area contributed by atoms with Gasteiger partial charge in [0, 0.05) is 31.8 Å². The van der Waals surface area contributed by atoms with Gasteiger partial charge in [-0.1, -0.05) is 12.5 Å². The highest BCUT2D eigenvalue weighted by molar-refractivity contribution is 7.89. The number of amides is 1. The highest BCUT2D eigenvalue weighted by Crippen LogP contribution is 2.35. The minimum atomic E-state index is -3.73. The topological polar surface area (TPSA) is 101 Å². The zero-order chi connectivity index (χ0) is 19.9. The number of benzene rings is 1. The number of hydrogen-bond donors (Lipinski definition) is 0. The van der Waals surface area contributed by atoms with Crippen LogP contribution in [0.3, 0.4) is 0 Å². The van der Waals surface area contributed by atoms with Gasteiger partial charge in [-0.15, -0.1) is 11.3 Å². The maximum atomic E-state index is 13.2. The number of nitro benzene ring substituents is 1. The molecule has 1 aromatic carbocycles. The van der Waals surface area contributed by atoms with Crippen molar-refractivity contribution >= 4 is 38.6 Å². The van der Waals surface area contributed by atoms with Gasteiger partial charge in [0.1, 0.15) is 9.77 Å². The highest BCUT2D eigenvalue weighted by atomic mass is 32.2. The molecule has 10 heteroatoms. The van der Waals surface area contributed by atoms with Crippen LogP contribution in [0.25, 0.3) is 0 Å². The van der Waals surface area contributed by atoms with Crippen molar-refractivity contribution in [1.82, 2.24) is 4.31 Å². The zero-order valence-electron chi connectivity index (χ0n) is 15.0. The maximum absolute atomic E-state index is 13.2. The maximum Gasteiger partial charge on any atom is 0.271 e. The number of rotatable bonds is 4. The normalized spacial score (nSPS) is 17.5. The lowest BCUT2D eigenvalue weighted by molar-refractivity contribution is -0.384. The van der Waals surface area contributed by atoms with E-state index in [2.05, 4.69) is 0 Å². The number of carbonyl (C=O) groups is 1. The number of sulfonamides is 1. The van der Waals surface area contributed by atoms with Crippen molar-refractivity contribution in [3.05, 3.63) is 50.2 Å². The Balaban J connectivity index is 1.68. The summed E-state index contributed by atoms with van der Waals surface area (Å²) in [6.45, 7) is 1.30. The van der Waals surface area contributed by atoms with Gasteiger partial charge in [0.15, 0.2) is 0 Å². The van der Waals surface area contributed by atoms with Crippen LogP contribution in [0.2, 0.25) is 0 Å². The summed E-state index contributed by atoms with van der Waals surface area (Å²) in [5.74, 6) is -0.426. The first-order valence-corrected chi connectivity index (χ1v) is 11.4. The fourth-order valence-corrected chi connectivity index (χ4v) is 6.58. The quantitative estimate of drug-likeness (QED) is 0.558. The number of anilines is 1. The van der Waals surface area contributed by atoms with E-state index in [1.54, 1.807) is 11.4 Å². The average Bonchev–Trinajstić information content (AvgIpc) is 3.35. The molecule has 4 rings (SSSR count). The molecule has 2 aliphatic heterocycles. The molecule has 0 atom stereocenters. The van der Waals surface area contributed by atoms with Crippen LogP contribution in [0.15, 0.2) is 34.5 Å². The summed E-state index contributed by atoms with van der Waals surface area (Å²) in [5.41, 5.74) is 1.23. The van der Waals surface area contributed by atoms with Crippen molar-refractivity contribution in [3.63, 3.8) is 0 Å². The Hall–Kier alpha value is -2.30. The van der Waals surface area contributed by atoms with E-state index in [4.69, 9.17) is 0 Å². The molecule has 3 heterocycles. The zero-order valence-corrected chi connectivity index (χ0v) is 16.7. The number of fused-ring (bicyclic) bond motifs is 1. The number of piperidine rings is 1. The summed E-state index contributed by atoms with van der Waals surface area (Å²) in [6, 6.07) is 5.93. The minimum Gasteiger partial charge on any atom is -0.307 e. The van der Waals surface area contributed by atoms with Crippen LogP contribution in [-0.2, 0) is 16.4 Å². The lowest BCUT2D eigenvalue weighted by Gasteiger charge is -2.26. The summed E-state index contributed by atoms with van der Waals surface area (Å²) in [5, 5.41) is 12.7. The van der Waals surface area contributed by atoms with E-state index in [0.717, 1.165) is 36.2 Å². The van der Waals surface area contributed by atoms with E-state index in [1.165, 1.54) is 27.4 Å². The van der Waals surface area contributed by atoms with E-state index in [1.807, 2.05) is 0 Å². The Labute approximate surface area is 166 Å². The van der Waals surface area contributed by atoms with E-state index >= 15 is 0 Å². The fraction of sp³-hybridized carbons (Fsp3) is 0.389. The molecule has 1 fully saturated rings. The van der Waals surface area contributed by atoms with Crippen molar-refractivity contribution in [1.29, 1.82) is 0 Å². The van der Waals surface area contributed by atoms with Gasteiger partial charge in [0.25, 0.3) is 11.6 Å². The van der Waals surface area contributed by atoms with Gasteiger partial charge in [0.2, 0.25) is 10.0 Å². The van der Waals surface area contributed by atoms with Crippen molar-refractivity contribution in [2.24, 2.45) is 0 Å². The molecule has 28 heavy (non-hydrogen) atoms. The second kappa shape index (κ2) is 7.26. The summed E-state index contributed by atoms with van der Waals surface area (Å²) < 4.78 is 27.5. The molecule has 2 aliphatic rings. The smallest absolute Gasteiger partial charge is 0.271 e. The summed E-state index contributed by atoms with van der Waals surface area (Å²) in [6.07, 6.45) is 3.22. The second-order valence-corrected chi connectivity index (χ2v) is 9.68. The van der Waals surface area contributed by atoms with Gasteiger partial charge in [0.05, 0.1) is 10.6 Å². The number of nitrogens with zero attached hydrogens (tertiary/aromatic N) is 3. The molecule has 8 nitrogen and oxygen atoms in total. The molecule has 0 N–H and O–H groups in total. The van der Waals surface area contributed by atoms with E-state index < -0.39 is 20.9 Å². The van der Waals surface area contributed by atoms with Crippen molar-refractivity contribution in [3.8, 4) is 0 Å². The Bertz CT molecular complexity index is 1040. The Morgan fingerprint density at radius 2 is 1.86 bits per heavy atom. The number of thiophene rings is 1. The van der Waals surface area contributed by atoms with Gasteiger partial charge in [-0.05, 0) is 36.3 Å². The third kappa shape index (κ3) is 3.21. The third-order valence-corrected chi connectivity index (χ3v) is 8.15. The average molecular weight is 422 g/mol. The van der Waals surface area contributed by atoms with Crippen LogP contribution >= 0.6 is 11.3 Å². The van der Waals surface area contributed by atoms with Crippen LogP contribution in [0.1, 0.15) is 34.5 Å². The molecule has 0 bridgehead atoms. The largest absolute Gasteiger partial charge is 0.307 e. The van der Waals surface area contributed by atoms with Crippen LogP contribution in [0.5, 0.6) is 0 Å². The second-order valence-electron chi connectivity index (χ2n) is 6.86. The lowest BCUT2D eigenvalue weighted by atomic mass is 10.1. The predicted molar refractivity (Wildman–Crippen MR) is 105 cm³/mol. The Morgan fingerprint density at radius 3 is 2.57 bits per heavy atom. The number of carbonyl (C=O) groups excluding carboxylic acids is 1. The van der Waals surface area contributed by atoms with Crippen LogP contribution in [0.4, 0.5) is 11.4 Å². The van der Waals surface area contributed by atoms with Gasteiger partial charge in [-0.25, -0.2) is 8.42 Å². The Morgan fingerprint density at radius 1 is 1.11 bits per heavy atom. The number of hydrogen-bond acceptors (Lipinski definition) is 6. The third-order valence-electron chi connectivity index (χ3n) is 5.18. The molecular formula is C18H19N3O5S2. The predicted octanol–water partition coefficient (Wildman–Crippen LogP) is 3.03. The molecule has 0 saturated carbocycles. The van der Waals surface area contributed by atoms with Gasteiger partial charge in [-0.3, -0.25) is 14.9 Å². The first-order valence-electron chi connectivity index (χ1n) is 9.06. The molecule has 0 unspecified atom stereocenters. The number of non-ortho nitro benzene ring substituents is 1. The van der Waals surface area contributed by atoms with Gasteiger partial charge >= 0.3 is 0 Å². The standard InChI is InChI=1S/C18H19N3O5S2/c22-18(20-10-6-13-4-5-14(21(23)24)12-15(13)20)17-16(7-11-27-17)28(25,26)19-8-2-1-3-9-19/h4-5,7,11-12H,1-3,6,8-10H2. The van der Waals surface area contributed by atoms with Crippen LogP contribution in [0, 0.1) is 10.1 Å². The molecule has 1 aromatic heterocycles. The summed E-state index contributed by atoms with van der Waals surface area (Å²) in [7, 11) is -3.73. The molecule has 0 spiro atoms.